The van der Waals surface area contributed by atoms with Crippen LogP contribution in [0.2, 0.25) is 0 Å². The molecule has 5 heteroatoms. The maximum Gasteiger partial charge on any atom is 0.333 e. The van der Waals surface area contributed by atoms with E-state index in [-0.39, 0.29) is 6.85 Å². The Labute approximate surface area is 310 Å². The van der Waals surface area contributed by atoms with Crippen molar-refractivity contribution in [2.24, 2.45) is 0 Å². The Morgan fingerprint density at radius 2 is 1.06 bits per heavy atom. The first-order chi connectivity index (χ1) is 26.3. The van der Waals surface area contributed by atoms with Gasteiger partial charge in [0, 0.05) is 22.6 Å². The molecule has 0 aromatic heterocycles. The molecular formula is C48H31BN2OSi. The van der Waals surface area contributed by atoms with Crippen molar-refractivity contribution in [2.75, 3.05) is 9.71 Å². The third-order valence-electron chi connectivity index (χ3n) is 11.9. The van der Waals surface area contributed by atoms with E-state index in [1.54, 1.807) is 0 Å². The van der Waals surface area contributed by atoms with Gasteiger partial charge >= 0.3 is 6.85 Å². The summed E-state index contributed by atoms with van der Waals surface area (Å²) in [4.78, 5) is 5.17. The molecule has 0 N–H and O–H groups in total. The summed E-state index contributed by atoms with van der Waals surface area (Å²) >= 11 is 0. The Kier molecular flexibility index (Phi) is 5.89. The molecule has 0 fully saturated rings. The highest BCUT2D eigenvalue weighted by atomic mass is 28.3. The van der Waals surface area contributed by atoms with Gasteiger partial charge in [0.15, 0.2) is 19.6 Å². The number of hydrogen-bond donors (Lipinski definition) is 0. The van der Waals surface area contributed by atoms with E-state index in [9.17, 15) is 0 Å². The van der Waals surface area contributed by atoms with Crippen molar-refractivity contribution in [3.05, 3.63) is 188 Å². The van der Waals surface area contributed by atoms with Crippen LogP contribution in [-0.4, -0.2) is 14.9 Å². The topological polar surface area (TPSA) is 15.7 Å². The minimum atomic E-state index is -2.80. The van der Waals surface area contributed by atoms with Gasteiger partial charge in [-0.25, -0.2) is 0 Å². The van der Waals surface area contributed by atoms with E-state index in [4.69, 9.17) is 4.74 Å². The third kappa shape index (κ3) is 3.74. The van der Waals surface area contributed by atoms with Crippen LogP contribution in [0.1, 0.15) is 0 Å². The summed E-state index contributed by atoms with van der Waals surface area (Å²) in [5.41, 5.74) is 13.6. The minimum absolute atomic E-state index is 0.0711. The number of benzene rings is 8. The lowest BCUT2D eigenvalue weighted by molar-refractivity contribution is 0.477. The van der Waals surface area contributed by atoms with Crippen LogP contribution in [0, 0.1) is 0 Å². The van der Waals surface area contributed by atoms with Crippen molar-refractivity contribution in [2.45, 2.75) is 0 Å². The minimum Gasteiger partial charge on any atom is -0.453 e. The highest BCUT2D eigenvalue weighted by molar-refractivity contribution is 7.22. The van der Waals surface area contributed by atoms with Crippen molar-refractivity contribution in [3.63, 3.8) is 0 Å². The summed E-state index contributed by atoms with van der Waals surface area (Å²) in [7, 11) is -2.80. The van der Waals surface area contributed by atoms with E-state index in [0.717, 1.165) is 22.9 Å². The maximum atomic E-state index is 6.74. The normalized spacial score (nSPS) is 14.6. The lowest BCUT2D eigenvalue weighted by atomic mass is 9.43. The molecule has 3 nitrogen and oxygen atoms in total. The molecular weight excluding hydrogens is 659 g/mol. The number of nitrogens with zero attached hydrogens (tertiary/aromatic N) is 2. The van der Waals surface area contributed by atoms with E-state index < -0.39 is 8.07 Å². The van der Waals surface area contributed by atoms with Crippen LogP contribution in [0.5, 0.6) is 11.5 Å². The standard InChI is InChI=1S/C48H31BN2OSi/c1-4-16-32(17-5-1)33-30-37-36-22-14-29-45-47(36)51(40-25-11-13-28-44(40)53(45,34-18-6-2-7-19-34)35-20-8-3-9-21-35)49-38-23-15-27-43-48(38)50(41(31-33)46(37)49)39-24-10-12-26-42(39)52-43/h1-31H. The first-order valence-corrected chi connectivity index (χ1v) is 20.4. The van der Waals surface area contributed by atoms with Gasteiger partial charge in [-0.15, -0.1) is 0 Å². The van der Waals surface area contributed by atoms with E-state index in [0.29, 0.717) is 0 Å². The summed E-state index contributed by atoms with van der Waals surface area (Å²) < 4.78 is 6.74. The van der Waals surface area contributed by atoms with Gasteiger partial charge in [0.2, 0.25) is 0 Å². The van der Waals surface area contributed by atoms with Crippen molar-refractivity contribution in [3.8, 4) is 33.8 Å². The summed E-state index contributed by atoms with van der Waals surface area (Å²) in [5, 5.41) is 5.64. The quantitative estimate of drug-likeness (QED) is 0.176. The average molecular weight is 691 g/mol. The summed E-state index contributed by atoms with van der Waals surface area (Å²) in [5.74, 6) is 1.76. The molecule has 8 aromatic carbocycles. The first kappa shape index (κ1) is 29.1. The predicted molar refractivity (Wildman–Crippen MR) is 223 cm³/mol. The van der Waals surface area contributed by atoms with Gasteiger partial charge in [-0.2, -0.15) is 0 Å². The molecule has 12 rings (SSSR count). The Hall–Kier alpha value is -6.56. The molecule has 0 saturated heterocycles. The zero-order valence-electron chi connectivity index (χ0n) is 28.8. The molecule has 0 radical (unpaired) electrons. The molecule has 0 saturated carbocycles. The van der Waals surface area contributed by atoms with Crippen LogP contribution in [0.25, 0.3) is 22.3 Å². The number of rotatable bonds is 3. The zero-order valence-corrected chi connectivity index (χ0v) is 29.8. The number of anilines is 5. The highest BCUT2D eigenvalue weighted by Gasteiger charge is 2.55. The lowest BCUT2D eigenvalue weighted by Crippen LogP contribution is -2.79. The molecule has 0 atom stereocenters. The first-order valence-electron chi connectivity index (χ1n) is 18.4. The largest absolute Gasteiger partial charge is 0.453 e. The van der Waals surface area contributed by atoms with Gasteiger partial charge < -0.3 is 14.4 Å². The van der Waals surface area contributed by atoms with Crippen LogP contribution in [0.3, 0.4) is 0 Å². The number of ether oxygens (including phenoxy) is 1. The molecule has 4 aliphatic rings. The fraction of sp³-hybridized carbons (Fsp3) is 0. The van der Waals surface area contributed by atoms with Crippen LogP contribution < -0.4 is 46.1 Å². The molecule has 0 spiro atoms. The Balaban J connectivity index is 1.26. The number of hydrogen-bond acceptors (Lipinski definition) is 3. The molecule has 4 heterocycles. The van der Waals surface area contributed by atoms with Gasteiger partial charge in [0.25, 0.3) is 0 Å². The third-order valence-corrected chi connectivity index (χ3v) is 16.7. The van der Waals surface area contributed by atoms with Crippen LogP contribution >= 0.6 is 0 Å². The molecule has 0 bridgehead atoms. The van der Waals surface area contributed by atoms with Crippen molar-refractivity contribution >= 4 is 75.0 Å². The lowest BCUT2D eigenvalue weighted by Gasteiger charge is -2.52. The average Bonchev–Trinajstić information content (AvgIpc) is 3.23. The van der Waals surface area contributed by atoms with E-state index in [1.165, 1.54) is 71.0 Å². The molecule has 53 heavy (non-hydrogen) atoms. The second-order valence-corrected chi connectivity index (χ2v) is 18.1. The summed E-state index contributed by atoms with van der Waals surface area (Å²) in [6, 6.07) is 69.9. The Morgan fingerprint density at radius 1 is 0.434 bits per heavy atom. The molecule has 0 amide bonds. The molecule has 246 valence electrons. The highest BCUT2D eigenvalue weighted by Crippen LogP contribution is 2.54. The van der Waals surface area contributed by atoms with Gasteiger partial charge in [-0.1, -0.05) is 152 Å². The maximum absolute atomic E-state index is 6.74. The van der Waals surface area contributed by atoms with Crippen molar-refractivity contribution < 1.29 is 4.74 Å². The molecule has 0 aliphatic carbocycles. The molecule has 8 aromatic rings. The van der Waals surface area contributed by atoms with Crippen LogP contribution in [0.4, 0.5) is 28.4 Å². The summed E-state index contributed by atoms with van der Waals surface area (Å²) in [6.07, 6.45) is 0. The second-order valence-electron chi connectivity index (χ2n) is 14.4. The van der Waals surface area contributed by atoms with Crippen LogP contribution in [0.15, 0.2) is 188 Å². The number of para-hydroxylation sites is 5. The van der Waals surface area contributed by atoms with Gasteiger partial charge in [-0.3, -0.25) is 0 Å². The Bertz CT molecular complexity index is 2750. The fourth-order valence-corrected chi connectivity index (χ4v) is 15.0. The van der Waals surface area contributed by atoms with E-state index in [2.05, 4.69) is 198 Å². The molecule has 0 unspecified atom stereocenters. The van der Waals surface area contributed by atoms with Gasteiger partial charge in [0.1, 0.15) is 0 Å². The second kappa shape index (κ2) is 10.7. The Morgan fingerprint density at radius 3 is 1.83 bits per heavy atom. The van der Waals surface area contributed by atoms with Crippen molar-refractivity contribution in [1.29, 1.82) is 0 Å². The predicted octanol–water partition coefficient (Wildman–Crippen LogP) is 7.86. The van der Waals surface area contributed by atoms with Crippen molar-refractivity contribution in [1.82, 2.24) is 0 Å². The SMILES string of the molecule is c1ccc(-c2cc3c4c(c2)N2c5ccccc5Oc5cccc(c52)B4N2c4ccccc4[Si](c4ccccc4)(c4ccccc4)c4cccc-3c42)cc1. The van der Waals surface area contributed by atoms with Gasteiger partial charge in [0.05, 0.1) is 11.4 Å². The van der Waals surface area contributed by atoms with Crippen LogP contribution in [-0.2, 0) is 0 Å². The zero-order chi connectivity index (χ0) is 34.7. The van der Waals surface area contributed by atoms with E-state index in [1.807, 2.05) is 0 Å². The fourth-order valence-electron chi connectivity index (χ4n) is 9.88. The monoisotopic (exact) mass is 690 g/mol. The van der Waals surface area contributed by atoms with Gasteiger partial charge in [-0.05, 0) is 84.8 Å². The number of fused-ring (bicyclic) bond motifs is 8. The smallest absolute Gasteiger partial charge is 0.333 e. The summed E-state index contributed by atoms with van der Waals surface area (Å²) in [6.45, 7) is -0.0711. The molecule has 4 aliphatic heterocycles. The van der Waals surface area contributed by atoms with E-state index >= 15 is 0 Å².